The molecule has 0 atom stereocenters. The van der Waals surface area contributed by atoms with Crippen LogP contribution >= 0.6 is 11.6 Å². The normalized spacial score (nSPS) is 10.5. The van der Waals surface area contributed by atoms with Crippen LogP contribution < -0.4 is 0 Å². The zero-order valence-electron chi connectivity index (χ0n) is 9.79. The standard InChI is InChI=1S/C13H8ClN5/c14-12-9(6-15)3-4-10(18-12)7-19-8-17-11-2-1-5-16-13(11)19/h1-5,8H,7H2. The lowest BCUT2D eigenvalue weighted by atomic mass is 10.2. The van der Waals surface area contributed by atoms with Crippen LogP contribution in [0.15, 0.2) is 36.8 Å². The van der Waals surface area contributed by atoms with Gasteiger partial charge in [-0.05, 0) is 24.3 Å². The summed E-state index contributed by atoms with van der Waals surface area (Å²) >= 11 is 5.91. The van der Waals surface area contributed by atoms with Crippen LogP contribution in [0.1, 0.15) is 11.3 Å². The molecule has 0 spiro atoms. The van der Waals surface area contributed by atoms with Crippen molar-refractivity contribution in [3.05, 3.63) is 53.2 Å². The third-order valence-electron chi connectivity index (χ3n) is 2.73. The van der Waals surface area contributed by atoms with Gasteiger partial charge in [0.25, 0.3) is 0 Å². The van der Waals surface area contributed by atoms with E-state index in [1.807, 2.05) is 22.8 Å². The van der Waals surface area contributed by atoms with Crippen LogP contribution in [-0.2, 0) is 6.54 Å². The Morgan fingerprint density at radius 1 is 1.26 bits per heavy atom. The first-order chi connectivity index (χ1) is 9.28. The number of nitriles is 1. The molecule has 6 heteroatoms. The van der Waals surface area contributed by atoms with Gasteiger partial charge >= 0.3 is 0 Å². The first kappa shape index (κ1) is 11.6. The molecular formula is C13H8ClN5. The van der Waals surface area contributed by atoms with E-state index < -0.39 is 0 Å². The van der Waals surface area contributed by atoms with Gasteiger partial charge in [0, 0.05) is 6.20 Å². The third kappa shape index (κ3) is 2.14. The van der Waals surface area contributed by atoms with E-state index >= 15 is 0 Å². The summed E-state index contributed by atoms with van der Waals surface area (Å²) in [6, 6.07) is 9.17. The Balaban J connectivity index is 1.97. The van der Waals surface area contributed by atoms with Gasteiger partial charge < -0.3 is 4.57 Å². The van der Waals surface area contributed by atoms with Crippen molar-refractivity contribution in [3.8, 4) is 6.07 Å². The molecule has 0 saturated heterocycles. The highest BCUT2D eigenvalue weighted by molar-refractivity contribution is 6.30. The molecule has 0 aliphatic carbocycles. The van der Waals surface area contributed by atoms with Crippen molar-refractivity contribution in [1.82, 2.24) is 19.5 Å². The zero-order chi connectivity index (χ0) is 13.2. The maximum absolute atomic E-state index is 8.81. The van der Waals surface area contributed by atoms with Crippen LogP contribution in [0.3, 0.4) is 0 Å². The molecule has 92 valence electrons. The van der Waals surface area contributed by atoms with Crippen molar-refractivity contribution in [3.63, 3.8) is 0 Å². The fraction of sp³-hybridized carbons (Fsp3) is 0.0769. The lowest BCUT2D eigenvalue weighted by Crippen LogP contribution is -2.02. The summed E-state index contributed by atoms with van der Waals surface area (Å²) in [5, 5.41) is 9.03. The number of hydrogen-bond donors (Lipinski definition) is 0. The van der Waals surface area contributed by atoms with Crippen molar-refractivity contribution < 1.29 is 0 Å². The van der Waals surface area contributed by atoms with Crippen LogP contribution in [0.4, 0.5) is 0 Å². The predicted molar refractivity (Wildman–Crippen MR) is 70.6 cm³/mol. The summed E-state index contributed by atoms with van der Waals surface area (Å²) in [6.07, 6.45) is 3.44. The van der Waals surface area contributed by atoms with Gasteiger partial charge in [-0.3, -0.25) is 0 Å². The minimum absolute atomic E-state index is 0.220. The second kappa shape index (κ2) is 4.67. The van der Waals surface area contributed by atoms with Crippen molar-refractivity contribution in [2.24, 2.45) is 0 Å². The van der Waals surface area contributed by atoms with Gasteiger partial charge in [0.1, 0.15) is 16.7 Å². The smallest absolute Gasteiger partial charge is 0.160 e. The largest absolute Gasteiger partial charge is 0.309 e. The highest BCUT2D eigenvalue weighted by Crippen LogP contribution is 2.15. The van der Waals surface area contributed by atoms with Gasteiger partial charge in [-0.25, -0.2) is 15.0 Å². The summed E-state index contributed by atoms with van der Waals surface area (Å²) in [5.41, 5.74) is 2.76. The van der Waals surface area contributed by atoms with Gasteiger partial charge in [0.05, 0.1) is 24.1 Å². The second-order valence-electron chi connectivity index (χ2n) is 3.97. The van der Waals surface area contributed by atoms with Crippen LogP contribution in [0.25, 0.3) is 11.2 Å². The number of fused-ring (bicyclic) bond motifs is 1. The topological polar surface area (TPSA) is 67.4 Å². The first-order valence-corrected chi connectivity index (χ1v) is 5.97. The quantitative estimate of drug-likeness (QED) is 0.670. The predicted octanol–water partition coefficient (Wildman–Crippen LogP) is 2.40. The average molecular weight is 270 g/mol. The molecule has 0 aromatic carbocycles. The van der Waals surface area contributed by atoms with Crippen LogP contribution in [0, 0.1) is 11.3 Å². The fourth-order valence-corrected chi connectivity index (χ4v) is 2.04. The molecule has 0 aliphatic heterocycles. The number of imidazole rings is 1. The number of pyridine rings is 2. The number of aromatic nitrogens is 4. The fourth-order valence-electron chi connectivity index (χ4n) is 1.83. The molecule has 0 saturated carbocycles. The first-order valence-electron chi connectivity index (χ1n) is 5.59. The molecule has 19 heavy (non-hydrogen) atoms. The van der Waals surface area contributed by atoms with E-state index in [9.17, 15) is 0 Å². The number of nitrogens with zero attached hydrogens (tertiary/aromatic N) is 5. The highest BCUT2D eigenvalue weighted by Gasteiger charge is 2.07. The van der Waals surface area contributed by atoms with E-state index in [0.29, 0.717) is 12.1 Å². The Labute approximate surface area is 114 Å². The molecule has 0 radical (unpaired) electrons. The summed E-state index contributed by atoms with van der Waals surface area (Å²) in [6.45, 7) is 0.513. The second-order valence-corrected chi connectivity index (χ2v) is 4.33. The molecule has 5 nitrogen and oxygen atoms in total. The van der Waals surface area contributed by atoms with Gasteiger partial charge in [-0.1, -0.05) is 11.6 Å². The summed E-state index contributed by atoms with van der Waals surface area (Å²) in [7, 11) is 0. The zero-order valence-corrected chi connectivity index (χ0v) is 10.5. The van der Waals surface area contributed by atoms with Gasteiger partial charge in [0.15, 0.2) is 5.65 Å². The summed E-state index contributed by atoms with van der Waals surface area (Å²) in [5.74, 6) is 0. The molecule has 3 rings (SSSR count). The molecule has 3 heterocycles. The lowest BCUT2D eigenvalue weighted by molar-refractivity contribution is 0.788. The monoisotopic (exact) mass is 269 g/mol. The Morgan fingerprint density at radius 3 is 2.95 bits per heavy atom. The molecule has 0 unspecified atom stereocenters. The van der Waals surface area contributed by atoms with Gasteiger partial charge in [-0.15, -0.1) is 0 Å². The molecule has 0 amide bonds. The molecule has 0 aliphatic rings. The summed E-state index contributed by atoms with van der Waals surface area (Å²) < 4.78 is 1.89. The average Bonchev–Trinajstić information content (AvgIpc) is 2.83. The summed E-state index contributed by atoms with van der Waals surface area (Å²) in [4.78, 5) is 12.7. The third-order valence-corrected chi connectivity index (χ3v) is 3.02. The maximum Gasteiger partial charge on any atom is 0.160 e. The minimum Gasteiger partial charge on any atom is -0.309 e. The van der Waals surface area contributed by atoms with Crippen molar-refractivity contribution in [1.29, 1.82) is 5.26 Å². The SMILES string of the molecule is N#Cc1ccc(Cn2cnc3cccnc32)nc1Cl. The molecule has 3 aromatic heterocycles. The van der Waals surface area contributed by atoms with Crippen molar-refractivity contribution in [2.75, 3.05) is 0 Å². The number of halogens is 1. The van der Waals surface area contributed by atoms with Crippen LogP contribution in [0.2, 0.25) is 5.15 Å². The molecule has 0 fully saturated rings. The Bertz CT molecular complexity index is 787. The van der Waals surface area contributed by atoms with Gasteiger partial charge in [0.2, 0.25) is 0 Å². The number of hydrogen-bond acceptors (Lipinski definition) is 4. The Morgan fingerprint density at radius 2 is 2.16 bits per heavy atom. The molecular weight excluding hydrogens is 262 g/mol. The van der Waals surface area contributed by atoms with E-state index in [0.717, 1.165) is 16.9 Å². The van der Waals surface area contributed by atoms with Crippen molar-refractivity contribution in [2.45, 2.75) is 6.54 Å². The molecule has 0 bridgehead atoms. The minimum atomic E-state index is 0.220. The van der Waals surface area contributed by atoms with Gasteiger partial charge in [-0.2, -0.15) is 5.26 Å². The van der Waals surface area contributed by atoms with E-state index in [2.05, 4.69) is 15.0 Å². The van der Waals surface area contributed by atoms with E-state index in [-0.39, 0.29) is 5.15 Å². The Kier molecular flexibility index (Phi) is 2.86. The molecule has 0 N–H and O–H groups in total. The molecule has 3 aromatic rings. The van der Waals surface area contributed by atoms with Crippen molar-refractivity contribution >= 4 is 22.8 Å². The van der Waals surface area contributed by atoms with E-state index in [4.69, 9.17) is 16.9 Å². The maximum atomic E-state index is 8.81. The lowest BCUT2D eigenvalue weighted by Gasteiger charge is -2.04. The van der Waals surface area contributed by atoms with Crippen LogP contribution in [-0.4, -0.2) is 19.5 Å². The van der Waals surface area contributed by atoms with Crippen LogP contribution in [0.5, 0.6) is 0 Å². The van der Waals surface area contributed by atoms with E-state index in [1.54, 1.807) is 24.7 Å². The number of rotatable bonds is 2. The highest BCUT2D eigenvalue weighted by atomic mass is 35.5. The van der Waals surface area contributed by atoms with E-state index in [1.165, 1.54) is 0 Å². The Hall–Kier alpha value is -2.45.